The maximum Gasteiger partial charge on any atom is 0.324 e. The van der Waals surface area contributed by atoms with Crippen LogP contribution < -0.4 is 5.32 Å². The van der Waals surface area contributed by atoms with Crippen LogP contribution >= 0.6 is 0 Å². The standard InChI is InChI=1S/C11H22N2O3/c1-11(12-2,10(14)15)8-13(3)7-9-5-4-6-16-9/h9,12H,4-8H2,1-3H3,(H,14,15). The Morgan fingerprint density at radius 1 is 1.69 bits per heavy atom. The molecule has 1 saturated heterocycles. The van der Waals surface area contributed by atoms with E-state index in [-0.39, 0.29) is 6.10 Å². The van der Waals surface area contributed by atoms with Gasteiger partial charge in [-0.1, -0.05) is 0 Å². The SMILES string of the molecule is CNC(C)(CN(C)CC1CCCO1)C(=O)O. The minimum Gasteiger partial charge on any atom is -0.480 e. The number of nitrogens with one attached hydrogen (secondary N) is 1. The minimum atomic E-state index is -0.895. The molecule has 2 atom stereocenters. The van der Waals surface area contributed by atoms with Crippen molar-refractivity contribution in [2.24, 2.45) is 0 Å². The van der Waals surface area contributed by atoms with Crippen molar-refractivity contribution in [2.75, 3.05) is 33.8 Å². The molecule has 0 bridgehead atoms. The summed E-state index contributed by atoms with van der Waals surface area (Å²) in [5, 5.41) is 12.0. The van der Waals surface area contributed by atoms with Crippen LogP contribution in [0.4, 0.5) is 0 Å². The third kappa shape index (κ3) is 3.43. The molecule has 2 unspecified atom stereocenters. The molecule has 0 amide bonds. The van der Waals surface area contributed by atoms with Gasteiger partial charge in [-0.2, -0.15) is 0 Å². The van der Waals surface area contributed by atoms with E-state index in [4.69, 9.17) is 9.84 Å². The smallest absolute Gasteiger partial charge is 0.324 e. The predicted molar refractivity (Wildman–Crippen MR) is 61.6 cm³/mol. The van der Waals surface area contributed by atoms with Gasteiger partial charge in [0.05, 0.1) is 6.10 Å². The van der Waals surface area contributed by atoms with Crippen LogP contribution in [-0.2, 0) is 9.53 Å². The second-order valence-electron chi connectivity index (χ2n) is 4.72. The monoisotopic (exact) mass is 230 g/mol. The van der Waals surface area contributed by atoms with E-state index in [9.17, 15) is 4.79 Å². The zero-order chi connectivity index (χ0) is 12.2. The number of nitrogens with zero attached hydrogens (tertiary/aromatic N) is 1. The van der Waals surface area contributed by atoms with Gasteiger partial charge < -0.3 is 20.1 Å². The molecule has 2 N–H and O–H groups in total. The van der Waals surface area contributed by atoms with Crippen LogP contribution in [-0.4, -0.2) is 61.4 Å². The Balaban J connectivity index is 2.42. The maximum absolute atomic E-state index is 11.1. The van der Waals surface area contributed by atoms with Crippen LogP contribution in [0, 0.1) is 0 Å². The van der Waals surface area contributed by atoms with E-state index in [0.717, 1.165) is 26.0 Å². The Bertz CT molecular complexity index is 241. The van der Waals surface area contributed by atoms with Crippen LogP contribution in [0.1, 0.15) is 19.8 Å². The summed E-state index contributed by atoms with van der Waals surface area (Å²) >= 11 is 0. The van der Waals surface area contributed by atoms with E-state index in [1.807, 2.05) is 11.9 Å². The van der Waals surface area contributed by atoms with Crippen molar-refractivity contribution in [1.29, 1.82) is 0 Å². The summed E-state index contributed by atoms with van der Waals surface area (Å²) in [5.41, 5.74) is -0.895. The van der Waals surface area contributed by atoms with Crippen molar-refractivity contribution in [1.82, 2.24) is 10.2 Å². The third-order valence-corrected chi connectivity index (χ3v) is 3.15. The Kier molecular flexibility index (Phi) is 4.70. The van der Waals surface area contributed by atoms with E-state index in [2.05, 4.69) is 5.32 Å². The predicted octanol–water partition coefficient (Wildman–Crippen LogP) is 0.160. The van der Waals surface area contributed by atoms with E-state index >= 15 is 0 Å². The number of carboxylic acid groups (broad SMARTS) is 1. The van der Waals surface area contributed by atoms with Crippen molar-refractivity contribution in [2.45, 2.75) is 31.4 Å². The molecule has 5 nitrogen and oxygen atoms in total. The van der Waals surface area contributed by atoms with Gasteiger partial charge >= 0.3 is 5.97 Å². The van der Waals surface area contributed by atoms with Gasteiger partial charge in [0.2, 0.25) is 0 Å². The lowest BCUT2D eigenvalue weighted by Gasteiger charge is -2.30. The Morgan fingerprint density at radius 2 is 2.38 bits per heavy atom. The highest BCUT2D eigenvalue weighted by atomic mass is 16.5. The third-order valence-electron chi connectivity index (χ3n) is 3.15. The lowest BCUT2D eigenvalue weighted by atomic mass is 10.0. The van der Waals surface area contributed by atoms with Crippen LogP contribution in [0.5, 0.6) is 0 Å². The van der Waals surface area contributed by atoms with Gasteiger partial charge in [0.1, 0.15) is 5.54 Å². The topological polar surface area (TPSA) is 61.8 Å². The Morgan fingerprint density at radius 3 is 2.81 bits per heavy atom. The molecule has 0 saturated carbocycles. The number of hydrogen-bond acceptors (Lipinski definition) is 4. The normalized spacial score (nSPS) is 24.6. The average molecular weight is 230 g/mol. The number of rotatable bonds is 6. The summed E-state index contributed by atoms with van der Waals surface area (Å²) in [4.78, 5) is 13.1. The van der Waals surface area contributed by atoms with E-state index in [0.29, 0.717) is 6.54 Å². The van der Waals surface area contributed by atoms with Gasteiger partial charge in [-0.15, -0.1) is 0 Å². The molecule has 0 aliphatic carbocycles. The molecule has 1 fully saturated rings. The molecular weight excluding hydrogens is 208 g/mol. The van der Waals surface area contributed by atoms with Crippen molar-refractivity contribution in [3.05, 3.63) is 0 Å². The molecule has 1 aliphatic rings. The molecule has 1 aliphatic heterocycles. The van der Waals surface area contributed by atoms with Gasteiger partial charge in [0.25, 0.3) is 0 Å². The quantitative estimate of drug-likeness (QED) is 0.680. The number of hydrogen-bond donors (Lipinski definition) is 2. The lowest BCUT2D eigenvalue weighted by Crippen LogP contribution is -2.55. The first-order valence-corrected chi connectivity index (χ1v) is 5.70. The first kappa shape index (κ1) is 13.4. The first-order chi connectivity index (χ1) is 7.48. The number of aliphatic carboxylic acids is 1. The fourth-order valence-corrected chi connectivity index (χ4v) is 1.99. The molecule has 1 rings (SSSR count). The highest BCUT2D eigenvalue weighted by Gasteiger charge is 2.33. The summed E-state index contributed by atoms with van der Waals surface area (Å²) in [6.45, 7) is 3.80. The van der Waals surface area contributed by atoms with Crippen LogP contribution in [0.2, 0.25) is 0 Å². The van der Waals surface area contributed by atoms with E-state index < -0.39 is 11.5 Å². The van der Waals surface area contributed by atoms with E-state index in [1.54, 1.807) is 14.0 Å². The molecule has 94 valence electrons. The number of carboxylic acids is 1. The second kappa shape index (κ2) is 5.61. The van der Waals surface area contributed by atoms with Crippen molar-refractivity contribution in [3.63, 3.8) is 0 Å². The van der Waals surface area contributed by atoms with Gasteiger partial charge in [-0.25, -0.2) is 0 Å². The Hall–Kier alpha value is -0.650. The fourth-order valence-electron chi connectivity index (χ4n) is 1.99. The van der Waals surface area contributed by atoms with Crippen LogP contribution in [0.25, 0.3) is 0 Å². The molecule has 5 heteroatoms. The average Bonchev–Trinajstić information content (AvgIpc) is 2.69. The molecule has 0 spiro atoms. The van der Waals surface area contributed by atoms with Crippen molar-refractivity contribution >= 4 is 5.97 Å². The van der Waals surface area contributed by atoms with Crippen molar-refractivity contribution in [3.8, 4) is 0 Å². The minimum absolute atomic E-state index is 0.264. The largest absolute Gasteiger partial charge is 0.480 e. The van der Waals surface area contributed by atoms with E-state index in [1.165, 1.54) is 0 Å². The van der Waals surface area contributed by atoms with Crippen LogP contribution in [0.3, 0.4) is 0 Å². The molecule has 0 aromatic carbocycles. The first-order valence-electron chi connectivity index (χ1n) is 5.70. The molecule has 0 radical (unpaired) electrons. The van der Waals surface area contributed by atoms with Gasteiger partial charge in [0, 0.05) is 19.7 Å². The fraction of sp³-hybridized carbons (Fsp3) is 0.909. The lowest BCUT2D eigenvalue weighted by molar-refractivity contribution is -0.144. The van der Waals surface area contributed by atoms with Crippen molar-refractivity contribution < 1.29 is 14.6 Å². The summed E-state index contributed by atoms with van der Waals surface area (Å²) in [6.07, 6.45) is 2.45. The summed E-state index contributed by atoms with van der Waals surface area (Å²) in [6, 6.07) is 0. The molecular formula is C11H22N2O3. The summed E-state index contributed by atoms with van der Waals surface area (Å²) < 4.78 is 5.52. The van der Waals surface area contributed by atoms with Crippen LogP contribution in [0.15, 0.2) is 0 Å². The zero-order valence-electron chi connectivity index (χ0n) is 10.3. The maximum atomic E-state index is 11.1. The molecule has 16 heavy (non-hydrogen) atoms. The van der Waals surface area contributed by atoms with Gasteiger partial charge in [-0.3, -0.25) is 4.79 Å². The highest BCUT2D eigenvalue weighted by molar-refractivity contribution is 5.78. The summed E-state index contributed by atoms with van der Waals surface area (Å²) in [5.74, 6) is -0.825. The number of ether oxygens (including phenoxy) is 1. The Labute approximate surface area is 96.8 Å². The molecule has 1 heterocycles. The van der Waals surface area contributed by atoms with Gasteiger partial charge in [-0.05, 0) is 33.9 Å². The summed E-state index contributed by atoms with van der Waals surface area (Å²) in [7, 11) is 3.61. The molecule has 0 aromatic heterocycles. The number of likely N-dealkylation sites (N-methyl/N-ethyl adjacent to an activating group) is 2. The zero-order valence-corrected chi connectivity index (χ0v) is 10.3. The second-order valence-corrected chi connectivity index (χ2v) is 4.72. The van der Waals surface area contributed by atoms with Gasteiger partial charge in [0.15, 0.2) is 0 Å². The highest BCUT2D eigenvalue weighted by Crippen LogP contribution is 2.14. The number of carbonyl (C=O) groups is 1. The molecule has 0 aromatic rings.